The minimum atomic E-state index is -0.520. The van der Waals surface area contributed by atoms with Crippen LogP contribution in [-0.2, 0) is 14.3 Å². The number of thioether (sulfide) groups is 1. The molecule has 1 amide bonds. The minimum absolute atomic E-state index is 0.177. The van der Waals surface area contributed by atoms with E-state index in [4.69, 9.17) is 44.9 Å². The highest BCUT2D eigenvalue weighted by molar-refractivity contribution is 8.27. The molecule has 0 N–H and O–H groups in total. The van der Waals surface area contributed by atoms with Gasteiger partial charge in [0.25, 0.3) is 5.91 Å². The van der Waals surface area contributed by atoms with Crippen molar-refractivity contribution in [3.63, 3.8) is 0 Å². The summed E-state index contributed by atoms with van der Waals surface area (Å²) in [5.74, 6) is -0.562. The molecule has 2 aromatic rings. The van der Waals surface area contributed by atoms with E-state index in [0.717, 1.165) is 5.56 Å². The zero-order valence-electron chi connectivity index (χ0n) is 16.1. The van der Waals surface area contributed by atoms with Crippen LogP contribution in [0.4, 0.5) is 5.69 Å². The first-order valence-electron chi connectivity index (χ1n) is 8.92. The van der Waals surface area contributed by atoms with Crippen LogP contribution in [0.25, 0.3) is 6.08 Å². The maximum atomic E-state index is 12.9. The third-order valence-corrected chi connectivity index (χ3v) is 5.91. The summed E-state index contributed by atoms with van der Waals surface area (Å²) in [6.07, 6.45) is 1.67. The van der Waals surface area contributed by atoms with E-state index in [0.29, 0.717) is 20.5 Å². The normalized spacial score (nSPS) is 15.1. The number of nitrogens with zero attached hydrogens (tertiary/aromatic N) is 1. The number of carbonyl (C=O) groups is 2. The Morgan fingerprint density at radius 2 is 1.83 bits per heavy atom. The number of carbonyl (C=O) groups excluding carboxylic acids is 2. The number of aryl methyl sites for hydroxylation is 1. The third-order valence-electron chi connectivity index (χ3n) is 4.04. The monoisotopic (exact) mass is 481 g/mol. The van der Waals surface area contributed by atoms with Crippen LogP contribution in [-0.4, -0.2) is 29.4 Å². The Morgan fingerprint density at radius 3 is 2.43 bits per heavy atom. The van der Waals surface area contributed by atoms with Gasteiger partial charge in [-0.05, 0) is 49.8 Å². The zero-order valence-corrected chi connectivity index (χ0v) is 19.3. The summed E-state index contributed by atoms with van der Waals surface area (Å²) >= 11 is 19.1. The number of ether oxygens (including phenoxy) is 2. The minimum Gasteiger partial charge on any atom is -0.479 e. The molecule has 1 aliphatic heterocycles. The highest BCUT2D eigenvalue weighted by atomic mass is 35.5. The lowest BCUT2D eigenvalue weighted by atomic mass is 10.2. The van der Waals surface area contributed by atoms with Crippen molar-refractivity contribution in [1.29, 1.82) is 0 Å². The Hall–Kier alpha value is -2.06. The van der Waals surface area contributed by atoms with Gasteiger partial charge in [0.2, 0.25) is 0 Å². The van der Waals surface area contributed by atoms with Gasteiger partial charge in [-0.15, -0.1) is 0 Å². The van der Waals surface area contributed by atoms with E-state index in [9.17, 15) is 9.59 Å². The van der Waals surface area contributed by atoms with E-state index in [-0.39, 0.29) is 34.9 Å². The van der Waals surface area contributed by atoms with Gasteiger partial charge >= 0.3 is 5.97 Å². The van der Waals surface area contributed by atoms with Gasteiger partial charge in [0.15, 0.2) is 16.7 Å². The standard InChI is InChI=1S/C21H17Cl2NO4S2/c1-3-27-18(25)11-28-19-15(22)8-13(9-16(19)23)10-17-20(26)24(21(29)30-17)14-6-4-12(2)5-7-14/h4-10H,3,11H2,1-2H3/b17-10+. The fourth-order valence-electron chi connectivity index (χ4n) is 2.67. The molecule has 0 unspecified atom stereocenters. The average Bonchev–Trinajstić information content (AvgIpc) is 2.95. The fraction of sp³-hybridized carbons (Fsp3) is 0.190. The summed E-state index contributed by atoms with van der Waals surface area (Å²) in [6, 6.07) is 10.8. The number of rotatable bonds is 6. The van der Waals surface area contributed by atoms with E-state index >= 15 is 0 Å². The van der Waals surface area contributed by atoms with Crippen molar-refractivity contribution >= 4 is 75.1 Å². The van der Waals surface area contributed by atoms with Crippen LogP contribution < -0.4 is 9.64 Å². The maximum Gasteiger partial charge on any atom is 0.344 e. The fourth-order valence-corrected chi connectivity index (χ4v) is 4.58. The lowest BCUT2D eigenvalue weighted by Crippen LogP contribution is -2.27. The van der Waals surface area contributed by atoms with Gasteiger partial charge in [-0.3, -0.25) is 9.69 Å². The molecule has 3 rings (SSSR count). The summed E-state index contributed by atoms with van der Waals surface area (Å²) in [7, 11) is 0. The quantitative estimate of drug-likeness (QED) is 0.301. The molecule has 5 nitrogen and oxygen atoms in total. The average molecular weight is 482 g/mol. The van der Waals surface area contributed by atoms with Gasteiger partial charge in [-0.1, -0.05) is 64.9 Å². The van der Waals surface area contributed by atoms with Crippen molar-refractivity contribution in [2.45, 2.75) is 13.8 Å². The Kier molecular flexibility index (Phi) is 7.41. The Bertz CT molecular complexity index is 1010. The van der Waals surface area contributed by atoms with Crippen LogP contribution in [0, 0.1) is 6.92 Å². The van der Waals surface area contributed by atoms with Gasteiger partial charge in [-0.2, -0.15) is 0 Å². The zero-order chi connectivity index (χ0) is 21.8. The maximum absolute atomic E-state index is 12.9. The predicted molar refractivity (Wildman–Crippen MR) is 125 cm³/mol. The number of halogens is 2. The van der Waals surface area contributed by atoms with E-state index < -0.39 is 5.97 Å². The first-order valence-corrected chi connectivity index (χ1v) is 10.9. The summed E-state index contributed by atoms with van der Waals surface area (Å²) in [5, 5.41) is 0.430. The number of esters is 1. The van der Waals surface area contributed by atoms with Crippen molar-refractivity contribution < 1.29 is 19.1 Å². The second kappa shape index (κ2) is 9.83. The van der Waals surface area contributed by atoms with Gasteiger partial charge in [0.1, 0.15) is 0 Å². The molecule has 0 bridgehead atoms. The van der Waals surface area contributed by atoms with E-state index in [2.05, 4.69) is 0 Å². The van der Waals surface area contributed by atoms with Crippen molar-refractivity contribution in [1.82, 2.24) is 0 Å². The molecule has 1 aliphatic rings. The van der Waals surface area contributed by atoms with Crippen LogP contribution in [0.3, 0.4) is 0 Å². The number of hydrogen-bond acceptors (Lipinski definition) is 6. The first kappa shape index (κ1) is 22.6. The second-order valence-electron chi connectivity index (χ2n) is 6.26. The molecule has 1 heterocycles. The topological polar surface area (TPSA) is 55.8 Å². The molecular weight excluding hydrogens is 465 g/mol. The smallest absolute Gasteiger partial charge is 0.344 e. The molecule has 9 heteroatoms. The van der Waals surface area contributed by atoms with Crippen LogP contribution >= 0.6 is 47.2 Å². The largest absolute Gasteiger partial charge is 0.479 e. The number of hydrogen-bond donors (Lipinski definition) is 0. The van der Waals surface area contributed by atoms with Gasteiger partial charge in [0, 0.05) is 0 Å². The van der Waals surface area contributed by atoms with Crippen molar-refractivity contribution in [2.75, 3.05) is 18.1 Å². The number of amides is 1. The number of thiocarbonyl (C=S) groups is 1. The van der Waals surface area contributed by atoms with Crippen molar-refractivity contribution in [3.05, 3.63) is 62.5 Å². The molecular formula is C21H17Cl2NO4S2. The summed E-state index contributed by atoms with van der Waals surface area (Å²) in [6.45, 7) is 3.63. The highest BCUT2D eigenvalue weighted by Crippen LogP contribution is 2.39. The van der Waals surface area contributed by atoms with Crippen molar-refractivity contribution in [2.24, 2.45) is 0 Å². The SMILES string of the molecule is CCOC(=O)COc1c(Cl)cc(/C=C2/SC(=S)N(c3ccc(C)cc3)C2=O)cc1Cl. The lowest BCUT2D eigenvalue weighted by molar-refractivity contribution is -0.145. The molecule has 2 aromatic carbocycles. The Morgan fingerprint density at radius 1 is 1.20 bits per heavy atom. The first-order chi connectivity index (χ1) is 14.3. The molecule has 0 spiro atoms. The second-order valence-corrected chi connectivity index (χ2v) is 8.75. The molecule has 0 atom stereocenters. The van der Waals surface area contributed by atoms with Crippen LogP contribution in [0.5, 0.6) is 5.75 Å². The molecule has 0 aliphatic carbocycles. The van der Waals surface area contributed by atoms with E-state index in [1.165, 1.54) is 16.7 Å². The van der Waals surface area contributed by atoms with Gasteiger partial charge in [0.05, 0.1) is 27.2 Å². The molecule has 1 saturated heterocycles. The van der Waals surface area contributed by atoms with Crippen LogP contribution in [0.2, 0.25) is 10.0 Å². The Balaban J connectivity index is 1.81. The van der Waals surface area contributed by atoms with Crippen molar-refractivity contribution in [3.8, 4) is 5.75 Å². The molecule has 0 saturated carbocycles. The highest BCUT2D eigenvalue weighted by Gasteiger charge is 2.33. The molecule has 0 radical (unpaired) electrons. The van der Waals surface area contributed by atoms with Crippen LogP contribution in [0.1, 0.15) is 18.1 Å². The predicted octanol–water partition coefficient (Wildman–Crippen LogP) is 5.65. The number of benzene rings is 2. The molecule has 156 valence electrons. The summed E-state index contributed by atoms with van der Waals surface area (Å²) < 4.78 is 10.6. The molecule has 0 aromatic heterocycles. The van der Waals surface area contributed by atoms with E-state index in [1.807, 2.05) is 31.2 Å². The molecule has 30 heavy (non-hydrogen) atoms. The Labute approximate surface area is 193 Å². The van der Waals surface area contributed by atoms with Gasteiger partial charge < -0.3 is 9.47 Å². The summed E-state index contributed by atoms with van der Waals surface area (Å²) in [4.78, 5) is 26.3. The third kappa shape index (κ3) is 5.16. The summed E-state index contributed by atoms with van der Waals surface area (Å²) in [5.41, 5.74) is 2.41. The lowest BCUT2D eigenvalue weighted by Gasteiger charge is -2.14. The number of anilines is 1. The molecule has 1 fully saturated rings. The van der Waals surface area contributed by atoms with Gasteiger partial charge in [-0.25, -0.2) is 4.79 Å². The van der Waals surface area contributed by atoms with E-state index in [1.54, 1.807) is 25.1 Å². The van der Waals surface area contributed by atoms with Crippen LogP contribution in [0.15, 0.2) is 41.3 Å².